The molecular weight excluding hydrogens is 295 g/mol. The van der Waals surface area contributed by atoms with Crippen LogP contribution in [0.3, 0.4) is 0 Å². The average Bonchev–Trinajstić information content (AvgIpc) is 2.30. The third kappa shape index (κ3) is 5.02. The summed E-state index contributed by atoms with van der Waals surface area (Å²) in [6, 6.07) is 3.06. The Kier molecular flexibility index (Phi) is 5.83. The SMILES string of the molecule is CCCN(CC(=O)O)Cc1cc(C(F)(F)F)ccc1Cl. The van der Waals surface area contributed by atoms with E-state index in [4.69, 9.17) is 16.7 Å². The van der Waals surface area contributed by atoms with Crippen molar-refractivity contribution in [3.8, 4) is 0 Å². The van der Waals surface area contributed by atoms with Gasteiger partial charge in [0.05, 0.1) is 12.1 Å². The molecule has 0 atom stereocenters. The van der Waals surface area contributed by atoms with Crippen LogP contribution in [0.5, 0.6) is 0 Å². The third-order valence-electron chi connectivity index (χ3n) is 2.67. The summed E-state index contributed by atoms with van der Waals surface area (Å²) in [5.74, 6) is -1.03. The lowest BCUT2D eigenvalue weighted by Gasteiger charge is -2.20. The molecule has 0 aliphatic heterocycles. The van der Waals surface area contributed by atoms with E-state index in [1.54, 1.807) is 4.90 Å². The standard InChI is InChI=1S/C13H15ClF3NO2/c1-2-5-18(8-12(19)20)7-9-6-10(13(15,16)17)3-4-11(9)14/h3-4,6H,2,5,7-8H2,1H3,(H,19,20). The van der Waals surface area contributed by atoms with Crippen molar-refractivity contribution in [2.75, 3.05) is 13.1 Å². The van der Waals surface area contributed by atoms with Crippen LogP contribution in [0, 0.1) is 0 Å². The second-order valence-corrected chi connectivity index (χ2v) is 4.82. The molecular formula is C13H15ClF3NO2. The molecule has 0 bridgehead atoms. The smallest absolute Gasteiger partial charge is 0.416 e. The number of carboxylic acid groups (broad SMARTS) is 1. The number of hydrogen-bond acceptors (Lipinski definition) is 2. The van der Waals surface area contributed by atoms with Gasteiger partial charge in [-0.05, 0) is 36.7 Å². The van der Waals surface area contributed by atoms with E-state index in [2.05, 4.69) is 0 Å². The first kappa shape index (κ1) is 16.8. The maximum Gasteiger partial charge on any atom is 0.416 e. The Labute approximate surface area is 120 Å². The van der Waals surface area contributed by atoms with Gasteiger partial charge < -0.3 is 5.11 Å². The van der Waals surface area contributed by atoms with E-state index < -0.39 is 17.7 Å². The molecule has 0 amide bonds. The number of hydrogen-bond donors (Lipinski definition) is 1. The Bertz CT molecular complexity index is 477. The number of nitrogens with zero attached hydrogens (tertiary/aromatic N) is 1. The van der Waals surface area contributed by atoms with E-state index in [0.29, 0.717) is 13.0 Å². The molecule has 0 saturated carbocycles. The van der Waals surface area contributed by atoms with Gasteiger partial charge in [-0.3, -0.25) is 9.69 Å². The first-order valence-corrected chi connectivity index (χ1v) is 6.41. The van der Waals surface area contributed by atoms with Gasteiger partial charge in [-0.2, -0.15) is 13.2 Å². The van der Waals surface area contributed by atoms with Crippen molar-refractivity contribution in [1.82, 2.24) is 4.90 Å². The van der Waals surface area contributed by atoms with Gasteiger partial charge in [-0.25, -0.2) is 0 Å². The molecule has 0 spiro atoms. The molecule has 1 aromatic carbocycles. The summed E-state index contributed by atoms with van der Waals surface area (Å²) in [5.41, 5.74) is -0.514. The van der Waals surface area contributed by atoms with Crippen molar-refractivity contribution in [3.05, 3.63) is 34.3 Å². The minimum atomic E-state index is -4.44. The molecule has 0 fully saturated rings. The topological polar surface area (TPSA) is 40.5 Å². The van der Waals surface area contributed by atoms with Gasteiger partial charge in [0, 0.05) is 11.6 Å². The van der Waals surface area contributed by atoms with Crippen molar-refractivity contribution >= 4 is 17.6 Å². The van der Waals surface area contributed by atoms with Gasteiger partial charge >= 0.3 is 12.1 Å². The summed E-state index contributed by atoms with van der Waals surface area (Å²) < 4.78 is 37.9. The Hall–Kier alpha value is -1.27. The van der Waals surface area contributed by atoms with Crippen LogP contribution in [-0.4, -0.2) is 29.1 Å². The van der Waals surface area contributed by atoms with E-state index >= 15 is 0 Å². The molecule has 0 radical (unpaired) electrons. The zero-order valence-corrected chi connectivity index (χ0v) is 11.6. The predicted octanol–water partition coefficient (Wildman–Crippen LogP) is 3.66. The Morgan fingerprint density at radius 3 is 2.55 bits per heavy atom. The zero-order chi connectivity index (χ0) is 15.3. The van der Waals surface area contributed by atoms with Crippen LogP contribution < -0.4 is 0 Å². The van der Waals surface area contributed by atoms with Crippen molar-refractivity contribution < 1.29 is 23.1 Å². The van der Waals surface area contributed by atoms with E-state index in [-0.39, 0.29) is 23.7 Å². The van der Waals surface area contributed by atoms with Crippen LogP contribution in [-0.2, 0) is 17.5 Å². The number of alkyl halides is 3. The average molecular weight is 310 g/mol. The second-order valence-electron chi connectivity index (χ2n) is 4.41. The molecule has 0 aromatic heterocycles. The predicted molar refractivity (Wildman–Crippen MR) is 69.7 cm³/mol. The van der Waals surface area contributed by atoms with Crippen molar-refractivity contribution in [2.45, 2.75) is 26.1 Å². The van der Waals surface area contributed by atoms with Crippen LogP contribution >= 0.6 is 11.6 Å². The van der Waals surface area contributed by atoms with Gasteiger partial charge in [0.25, 0.3) is 0 Å². The van der Waals surface area contributed by atoms with E-state index in [9.17, 15) is 18.0 Å². The third-order valence-corrected chi connectivity index (χ3v) is 3.03. The van der Waals surface area contributed by atoms with Gasteiger partial charge in [-0.1, -0.05) is 18.5 Å². The lowest BCUT2D eigenvalue weighted by atomic mass is 10.1. The fraction of sp³-hybridized carbons (Fsp3) is 0.462. The summed E-state index contributed by atoms with van der Waals surface area (Å²) in [7, 11) is 0. The van der Waals surface area contributed by atoms with Crippen LogP contribution in [0.2, 0.25) is 5.02 Å². The summed E-state index contributed by atoms with van der Waals surface area (Å²) in [6.45, 7) is 2.17. The Morgan fingerprint density at radius 2 is 2.05 bits per heavy atom. The van der Waals surface area contributed by atoms with Gasteiger partial charge in [-0.15, -0.1) is 0 Å². The van der Waals surface area contributed by atoms with Crippen molar-refractivity contribution in [3.63, 3.8) is 0 Å². The minimum Gasteiger partial charge on any atom is -0.480 e. The van der Waals surface area contributed by atoms with Crippen LogP contribution in [0.1, 0.15) is 24.5 Å². The number of halogens is 4. The maximum atomic E-state index is 12.6. The molecule has 0 aliphatic carbocycles. The normalized spacial score (nSPS) is 11.9. The molecule has 20 heavy (non-hydrogen) atoms. The molecule has 0 unspecified atom stereocenters. The molecule has 7 heteroatoms. The van der Waals surface area contributed by atoms with Crippen molar-refractivity contribution in [1.29, 1.82) is 0 Å². The number of benzene rings is 1. The molecule has 0 saturated heterocycles. The second kappa shape index (κ2) is 6.95. The molecule has 1 rings (SSSR count). The first-order chi connectivity index (χ1) is 9.24. The maximum absolute atomic E-state index is 12.6. The van der Waals surface area contributed by atoms with Gasteiger partial charge in [0.15, 0.2) is 0 Å². The lowest BCUT2D eigenvalue weighted by molar-refractivity contribution is -0.139. The number of carbonyl (C=O) groups is 1. The Morgan fingerprint density at radius 1 is 1.40 bits per heavy atom. The molecule has 3 nitrogen and oxygen atoms in total. The molecule has 0 heterocycles. The van der Waals surface area contributed by atoms with E-state index in [0.717, 1.165) is 12.1 Å². The van der Waals surface area contributed by atoms with E-state index in [1.165, 1.54) is 6.07 Å². The zero-order valence-electron chi connectivity index (χ0n) is 10.9. The Balaban J connectivity index is 2.96. The summed E-state index contributed by atoms with van der Waals surface area (Å²) >= 11 is 5.89. The number of carboxylic acids is 1. The highest BCUT2D eigenvalue weighted by Crippen LogP contribution is 2.32. The summed E-state index contributed by atoms with van der Waals surface area (Å²) in [5, 5.41) is 8.99. The van der Waals surface area contributed by atoms with Gasteiger partial charge in [0.2, 0.25) is 0 Å². The molecule has 112 valence electrons. The fourth-order valence-corrected chi connectivity index (χ4v) is 2.01. The highest BCUT2D eigenvalue weighted by atomic mass is 35.5. The highest BCUT2D eigenvalue weighted by molar-refractivity contribution is 6.31. The number of aliphatic carboxylic acids is 1. The lowest BCUT2D eigenvalue weighted by Crippen LogP contribution is -2.30. The molecule has 1 N–H and O–H groups in total. The van der Waals surface area contributed by atoms with Crippen molar-refractivity contribution in [2.24, 2.45) is 0 Å². The summed E-state index contributed by atoms with van der Waals surface area (Å²) in [6.07, 6.45) is -3.74. The highest BCUT2D eigenvalue weighted by Gasteiger charge is 2.31. The van der Waals surface area contributed by atoms with Crippen LogP contribution in [0.15, 0.2) is 18.2 Å². The minimum absolute atomic E-state index is 0.0723. The quantitative estimate of drug-likeness (QED) is 0.872. The number of rotatable bonds is 6. The fourth-order valence-electron chi connectivity index (χ4n) is 1.83. The first-order valence-electron chi connectivity index (χ1n) is 6.03. The molecule has 0 aliphatic rings. The largest absolute Gasteiger partial charge is 0.480 e. The van der Waals surface area contributed by atoms with Gasteiger partial charge in [0.1, 0.15) is 0 Å². The monoisotopic (exact) mass is 309 g/mol. The summed E-state index contributed by atoms with van der Waals surface area (Å²) in [4.78, 5) is 12.3. The van der Waals surface area contributed by atoms with Crippen LogP contribution in [0.4, 0.5) is 13.2 Å². The van der Waals surface area contributed by atoms with E-state index in [1.807, 2.05) is 6.92 Å². The van der Waals surface area contributed by atoms with Crippen LogP contribution in [0.25, 0.3) is 0 Å². The molecule has 1 aromatic rings.